The van der Waals surface area contributed by atoms with Crippen LogP contribution in [0.25, 0.3) is 0 Å². The first-order valence-electron chi connectivity index (χ1n) is 9.18. The van der Waals surface area contributed by atoms with Crippen LogP contribution in [0.1, 0.15) is 24.1 Å². The van der Waals surface area contributed by atoms with Gasteiger partial charge in [-0.1, -0.05) is 54.1 Å². The molecule has 27 heavy (non-hydrogen) atoms. The molecule has 1 amide bonds. The molecule has 0 saturated carbocycles. The van der Waals surface area contributed by atoms with Gasteiger partial charge in [0, 0.05) is 24.2 Å². The van der Waals surface area contributed by atoms with Gasteiger partial charge in [0.1, 0.15) is 6.61 Å². The Kier molecular flexibility index (Phi) is 7.10. The van der Waals surface area contributed by atoms with Crippen molar-refractivity contribution in [3.05, 3.63) is 70.7 Å². The minimum Gasteiger partial charge on any atom is -0.445 e. The van der Waals surface area contributed by atoms with Crippen LogP contribution in [-0.2, 0) is 16.1 Å². The van der Waals surface area contributed by atoms with E-state index in [1.807, 2.05) is 54.6 Å². The topological polar surface area (TPSA) is 50.8 Å². The Balaban J connectivity index is 1.45. The molecule has 2 unspecified atom stereocenters. The minimum absolute atomic E-state index is 0.0651. The third-order valence-electron chi connectivity index (χ3n) is 4.60. The third kappa shape index (κ3) is 5.96. The molecule has 0 spiro atoms. The SMILES string of the molecule is CC(NCC1CN(C(=O)OCc2ccccc2)CCO1)c1cccc(Cl)c1. The first kappa shape index (κ1) is 19.7. The van der Waals surface area contributed by atoms with Gasteiger partial charge in [-0.15, -0.1) is 0 Å². The summed E-state index contributed by atoms with van der Waals surface area (Å²) in [6.45, 7) is 4.59. The van der Waals surface area contributed by atoms with Gasteiger partial charge in [0.05, 0.1) is 19.3 Å². The van der Waals surface area contributed by atoms with Crippen LogP contribution in [0.3, 0.4) is 0 Å². The van der Waals surface area contributed by atoms with Crippen LogP contribution in [0.5, 0.6) is 0 Å². The fourth-order valence-corrected chi connectivity index (χ4v) is 3.22. The van der Waals surface area contributed by atoms with E-state index in [1.54, 1.807) is 4.90 Å². The van der Waals surface area contributed by atoms with Crippen molar-refractivity contribution in [2.24, 2.45) is 0 Å². The summed E-state index contributed by atoms with van der Waals surface area (Å²) in [6.07, 6.45) is -0.361. The molecule has 1 aliphatic heterocycles. The number of amides is 1. The van der Waals surface area contributed by atoms with Gasteiger partial charge in [0.15, 0.2) is 0 Å². The van der Waals surface area contributed by atoms with Crippen molar-refractivity contribution in [3.8, 4) is 0 Å². The van der Waals surface area contributed by atoms with Crippen LogP contribution in [0.2, 0.25) is 5.02 Å². The zero-order valence-corrected chi connectivity index (χ0v) is 16.2. The summed E-state index contributed by atoms with van der Waals surface area (Å²) < 4.78 is 11.2. The predicted octanol–water partition coefficient (Wildman–Crippen LogP) is 4.03. The maximum Gasteiger partial charge on any atom is 0.410 e. The summed E-state index contributed by atoms with van der Waals surface area (Å²) >= 11 is 6.06. The second-order valence-electron chi connectivity index (χ2n) is 6.66. The average Bonchev–Trinajstić information content (AvgIpc) is 2.71. The van der Waals surface area contributed by atoms with Crippen LogP contribution in [0.15, 0.2) is 54.6 Å². The molecular formula is C21H25ClN2O3. The van der Waals surface area contributed by atoms with Crippen molar-refractivity contribution in [3.63, 3.8) is 0 Å². The van der Waals surface area contributed by atoms with E-state index >= 15 is 0 Å². The molecular weight excluding hydrogens is 364 g/mol. The molecule has 0 aromatic heterocycles. The molecule has 2 aromatic carbocycles. The molecule has 0 radical (unpaired) electrons. The Labute approximate surface area is 165 Å². The molecule has 0 aliphatic carbocycles. The van der Waals surface area contributed by atoms with E-state index in [0.29, 0.717) is 26.2 Å². The van der Waals surface area contributed by atoms with E-state index in [1.165, 1.54) is 0 Å². The minimum atomic E-state index is -0.296. The quantitative estimate of drug-likeness (QED) is 0.811. The van der Waals surface area contributed by atoms with Crippen molar-refractivity contribution in [2.75, 3.05) is 26.2 Å². The molecule has 144 valence electrons. The lowest BCUT2D eigenvalue weighted by atomic mass is 10.1. The zero-order chi connectivity index (χ0) is 19.1. The van der Waals surface area contributed by atoms with Gasteiger partial charge >= 0.3 is 6.09 Å². The second-order valence-corrected chi connectivity index (χ2v) is 7.10. The van der Waals surface area contributed by atoms with E-state index in [0.717, 1.165) is 16.1 Å². The number of nitrogens with zero attached hydrogens (tertiary/aromatic N) is 1. The standard InChI is InChI=1S/C21H25ClN2O3/c1-16(18-8-5-9-19(22)12-18)23-13-20-14-24(10-11-26-20)21(25)27-15-17-6-3-2-4-7-17/h2-9,12,16,20,23H,10-11,13-15H2,1H3. The Morgan fingerprint density at radius 2 is 2.11 bits per heavy atom. The summed E-state index contributed by atoms with van der Waals surface area (Å²) in [5.41, 5.74) is 2.10. The van der Waals surface area contributed by atoms with Gasteiger partial charge in [-0.3, -0.25) is 0 Å². The molecule has 1 saturated heterocycles. The van der Waals surface area contributed by atoms with E-state index in [4.69, 9.17) is 21.1 Å². The van der Waals surface area contributed by atoms with E-state index in [9.17, 15) is 4.79 Å². The Hall–Kier alpha value is -2.08. The number of hydrogen-bond acceptors (Lipinski definition) is 4. The van der Waals surface area contributed by atoms with Crippen LogP contribution in [-0.4, -0.2) is 43.3 Å². The van der Waals surface area contributed by atoms with E-state index in [-0.39, 0.29) is 24.8 Å². The number of carbonyl (C=O) groups excluding carboxylic acids is 1. The molecule has 2 aromatic rings. The van der Waals surface area contributed by atoms with Crippen molar-refractivity contribution in [1.29, 1.82) is 0 Å². The highest BCUT2D eigenvalue weighted by Crippen LogP contribution is 2.17. The van der Waals surface area contributed by atoms with Gasteiger partial charge in [0.2, 0.25) is 0 Å². The first-order valence-corrected chi connectivity index (χ1v) is 9.55. The van der Waals surface area contributed by atoms with Crippen LogP contribution < -0.4 is 5.32 Å². The largest absolute Gasteiger partial charge is 0.445 e. The number of rotatable bonds is 6. The van der Waals surface area contributed by atoms with Gasteiger partial charge in [-0.05, 0) is 30.2 Å². The van der Waals surface area contributed by atoms with Gasteiger partial charge in [-0.25, -0.2) is 4.79 Å². The number of halogens is 1. The highest BCUT2D eigenvalue weighted by Gasteiger charge is 2.25. The van der Waals surface area contributed by atoms with E-state index < -0.39 is 0 Å². The molecule has 3 rings (SSSR count). The Morgan fingerprint density at radius 3 is 2.89 bits per heavy atom. The zero-order valence-electron chi connectivity index (χ0n) is 15.4. The number of benzene rings is 2. The van der Waals surface area contributed by atoms with E-state index in [2.05, 4.69) is 12.2 Å². The summed E-state index contributed by atoms with van der Waals surface area (Å²) in [7, 11) is 0. The van der Waals surface area contributed by atoms with Crippen molar-refractivity contribution in [1.82, 2.24) is 10.2 Å². The summed E-state index contributed by atoms with van der Waals surface area (Å²) in [5.74, 6) is 0. The number of ether oxygens (including phenoxy) is 2. The maximum absolute atomic E-state index is 12.3. The van der Waals surface area contributed by atoms with Crippen LogP contribution in [0, 0.1) is 0 Å². The van der Waals surface area contributed by atoms with Crippen LogP contribution in [0.4, 0.5) is 4.79 Å². The monoisotopic (exact) mass is 388 g/mol. The molecule has 1 fully saturated rings. The Morgan fingerprint density at radius 1 is 1.30 bits per heavy atom. The molecule has 1 heterocycles. The molecule has 2 atom stereocenters. The summed E-state index contributed by atoms with van der Waals surface area (Å²) in [4.78, 5) is 14.0. The second kappa shape index (κ2) is 9.74. The molecule has 0 bridgehead atoms. The maximum atomic E-state index is 12.3. The summed E-state index contributed by atoms with van der Waals surface area (Å²) in [6, 6.07) is 17.6. The molecule has 6 heteroatoms. The lowest BCUT2D eigenvalue weighted by Crippen LogP contribution is -2.49. The highest BCUT2D eigenvalue weighted by molar-refractivity contribution is 6.30. The average molecular weight is 389 g/mol. The number of morpholine rings is 1. The smallest absolute Gasteiger partial charge is 0.410 e. The molecule has 1 N–H and O–H groups in total. The number of carbonyl (C=O) groups is 1. The highest BCUT2D eigenvalue weighted by atomic mass is 35.5. The van der Waals surface area contributed by atoms with Gasteiger partial charge in [-0.2, -0.15) is 0 Å². The van der Waals surface area contributed by atoms with Gasteiger partial charge in [0.25, 0.3) is 0 Å². The lowest BCUT2D eigenvalue weighted by molar-refractivity contribution is -0.0278. The first-order chi connectivity index (χ1) is 13.1. The Bertz CT molecular complexity index is 741. The fraction of sp³-hybridized carbons (Fsp3) is 0.381. The number of hydrogen-bond donors (Lipinski definition) is 1. The summed E-state index contributed by atoms with van der Waals surface area (Å²) in [5, 5.41) is 4.18. The predicted molar refractivity (Wildman–Crippen MR) is 106 cm³/mol. The van der Waals surface area contributed by atoms with Crippen molar-refractivity contribution in [2.45, 2.75) is 25.7 Å². The fourth-order valence-electron chi connectivity index (χ4n) is 3.02. The van der Waals surface area contributed by atoms with Crippen molar-refractivity contribution >= 4 is 17.7 Å². The molecule has 1 aliphatic rings. The van der Waals surface area contributed by atoms with Crippen molar-refractivity contribution < 1.29 is 14.3 Å². The normalized spacial score (nSPS) is 18.1. The molecule has 5 nitrogen and oxygen atoms in total. The van der Waals surface area contributed by atoms with Crippen LogP contribution >= 0.6 is 11.6 Å². The third-order valence-corrected chi connectivity index (χ3v) is 4.84. The number of nitrogens with one attached hydrogen (secondary N) is 1. The lowest BCUT2D eigenvalue weighted by Gasteiger charge is -2.33. The van der Waals surface area contributed by atoms with Gasteiger partial charge < -0.3 is 19.7 Å².